The van der Waals surface area contributed by atoms with E-state index in [0.717, 1.165) is 0 Å². The van der Waals surface area contributed by atoms with Crippen LogP contribution < -0.4 is 5.32 Å². The number of carbonyl (C=O) groups excluding carboxylic acids is 2. The SMILES string of the molecule is CCn1c(SCC(=O)Nc2ccc(C(=O)OC)cc2)nnc1-c1cnccn1. The van der Waals surface area contributed by atoms with E-state index in [1.807, 2.05) is 11.5 Å². The molecule has 0 radical (unpaired) electrons. The minimum Gasteiger partial charge on any atom is -0.465 e. The smallest absolute Gasteiger partial charge is 0.337 e. The Hall–Kier alpha value is -3.27. The minimum absolute atomic E-state index is 0.164. The van der Waals surface area contributed by atoms with Gasteiger partial charge in [-0.25, -0.2) is 9.78 Å². The summed E-state index contributed by atoms with van der Waals surface area (Å²) in [5.41, 5.74) is 1.64. The summed E-state index contributed by atoms with van der Waals surface area (Å²) in [5, 5.41) is 11.7. The highest BCUT2D eigenvalue weighted by Crippen LogP contribution is 2.22. The maximum atomic E-state index is 12.2. The molecule has 0 saturated carbocycles. The Morgan fingerprint density at radius 3 is 2.61 bits per heavy atom. The number of nitrogens with zero attached hydrogens (tertiary/aromatic N) is 5. The molecular weight excluding hydrogens is 380 g/mol. The lowest BCUT2D eigenvalue weighted by atomic mass is 10.2. The van der Waals surface area contributed by atoms with Crippen LogP contribution in [0.4, 0.5) is 5.69 Å². The van der Waals surface area contributed by atoms with Gasteiger partial charge in [0.1, 0.15) is 5.69 Å². The van der Waals surface area contributed by atoms with Gasteiger partial charge in [0, 0.05) is 24.6 Å². The summed E-state index contributed by atoms with van der Waals surface area (Å²) in [5.74, 6) is 0.155. The predicted octanol–water partition coefficient (Wildman–Crippen LogP) is 2.27. The molecule has 0 unspecified atom stereocenters. The van der Waals surface area contributed by atoms with Crippen molar-refractivity contribution >= 4 is 29.3 Å². The van der Waals surface area contributed by atoms with E-state index in [4.69, 9.17) is 0 Å². The average molecular weight is 398 g/mol. The molecule has 2 aromatic heterocycles. The first kappa shape index (κ1) is 19.5. The third-order valence-corrected chi connectivity index (χ3v) is 4.71. The fourth-order valence-electron chi connectivity index (χ4n) is 2.42. The number of amides is 1. The highest BCUT2D eigenvalue weighted by atomic mass is 32.2. The van der Waals surface area contributed by atoms with Crippen molar-refractivity contribution in [2.24, 2.45) is 0 Å². The molecule has 0 atom stereocenters. The topological polar surface area (TPSA) is 112 Å². The van der Waals surface area contributed by atoms with Crippen molar-refractivity contribution < 1.29 is 14.3 Å². The molecule has 0 bridgehead atoms. The standard InChI is InChI=1S/C18H18N6O3S/c1-3-24-16(14-10-19-8-9-20-14)22-23-18(24)28-11-15(25)21-13-6-4-12(5-7-13)17(26)27-2/h4-10H,3,11H2,1-2H3,(H,21,25). The number of methoxy groups -OCH3 is 1. The summed E-state index contributed by atoms with van der Waals surface area (Å²) in [6.07, 6.45) is 4.80. The number of anilines is 1. The van der Waals surface area contributed by atoms with Crippen LogP contribution in [0.25, 0.3) is 11.5 Å². The van der Waals surface area contributed by atoms with E-state index in [1.165, 1.54) is 18.9 Å². The molecule has 1 amide bonds. The molecule has 9 nitrogen and oxygen atoms in total. The van der Waals surface area contributed by atoms with Gasteiger partial charge in [-0.2, -0.15) is 0 Å². The Morgan fingerprint density at radius 2 is 1.96 bits per heavy atom. The molecule has 3 aromatic rings. The zero-order chi connectivity index (χ0) is 19.9. The van der Waals surface area contributed by atoms with Crippen LogP contribution in [-0.2, 0) is 16.1 Å². The quantitative estimate of drug-likeness (QED) is 0.476. The van der Waals surface area contributed by atoms with Crippen molar-refractivity contribution in [3.05, 3.63) is 48.4 Å². The van der Waals surface area contributed by atoms with E-state index in [9.17, 15) is 9.59 Å². The van der Waals surface area contributed by atoms with E-state index in [2.05, 4.69) is 30.2 Å². The number of rotatable bonds is 7. The van der Waals surface area contributed by atoms with Crippen molar-refractivity contribution in [1.82, 2.24) is 24.7 Å². The number of carbonyl (C=O) groups is 2. The van der Waals surface area contributed by atoms with Crippen molar-refractivity contribution in [3.8, 4) is 11.5 Å². The summed E-state index contributed by atoms with van der Waals surface area (Å²) in [6, 6.07) is 6.48. The fourth-order valence-corrected chi connectivity index (χ4v) is 3.22. The maximum absolute atomic E-state index is 12.2. The molecule has 0 aliphatic rings. The molecule has 28 heavy (non-hydrogen) atoms. The number of ether oxygens (including phenoxy) is 1. The zero-order valence-corrected chi connectivity index (χ0v) is 16.1. The monoisotopic (exact) mass is 398 g/mol. The van der Waals surface area contributed by atoms with E-state index < -0.39 is 5.97 Å². The number of nitrogens with one attached hydrogen (secondary N) is 1. The lowest BCUT2D eigenvalue weighted by Gasteiger charge is -2.08. The number of hydrogen-bond acceptors (Lipinski definition) is 8. The number of esters is 1. The van der Waals surface area contributed by atoms with Crippen LogP contribution in [0.15, 0.2) is 48.0 Å². The maximum Gasteiger partial charge on any atom is 0.337 e. The second-order valence-electron chi connectivity index (χ2n) is 5.55. The first-order valence-electron chi connectivity index (χ1n) is 8.43. The van der Waals surface area contributed by atoms with Crippen LogP contribution in [0.2, 0.25) is 0 Å². The lowest BCUT2D eigenvalue weighted by Crippen LogP contribution is -2.15. The van der Waals surface area contributed by atoms with Gasteiger partial charge in [0.15, 0.2) is 11.0 Å². The average Bonchev–Trinajstić information content (AvgIpc) is 3.16. The van der Waals surface area contributed by atoms with Crippen molar-refractivity contribution in [3.63, 3.8) is 0 Å². The molecule has 0 spiro atoms. The summed E-state index contributed by atoms with van der Waals surface area (Å²) in [4.78, 5) is 32.0. The highest BCUT2D eigenvalue weighted by molar-refractivity contribution is 7.99. The summed E-state index contributed by atoms with van der Waals surface area (Å²) >= 11 is 1.28. The number of benzene rings is 1. The van der Waals surface area contributed by atoms with Crippen LogP contribution in [0, 0.1) is 0 Å². The Balaban J connectivity index is 1.62. The van der Waals surface area contributed by atoms with Gasteiger partial charge in [-0.3, -0.25) is 9.78 Å². The molecule has 0 fully saturated rings. The van der Waals surface area contributed by atoms with Gasteiger partial charge in [0.2, 0.25) is 5.91 Å². The zero-order valence-electron chi connectivity index (χ0n) is 15.3. The first-order chi connectivity index (χ1) is 13.6. The Kier molecular flexibility index (Phi) is 6.33. The molecule has 3 rings (SSSR count). The molecule has 144 valence electrons. The third kappa shape index (κ3) is 4.52. The van der Waals surface area contributed by atoms with Gasteiger partial charge >= 0.3 is 5.97 Å². The van der Waals surface area contributed by atoms with Crippen LogP contribution in [0.3, 0.4) is 0 Å². The summed E-state index contributed by atoms with van der Waals surface area (Å²) < 4.78 is 6.53. The molecule has 0 aliphatic heterocycles. The minimum atomic E-state index is -0.425. The Labute approximate surface area is 165 Å². The van der Waals surface area contributed by atoms with Gasteiger partial charge < -0.3 is 14.6 Å². The van der Waals surface area contributed by atoms with Crippen molar-refractivity contribution in [2.75, 3.05) is 18.2 Å². The molecule has 1 aromatic carbocycles. The van der Waals surface area contributed by atoms with Crippen LogP contribution in [-0.4, -0.2) is 49.5 Å². The van der Waals surface area contributed by atoms with Crippen molar-refractivity contribution in [1.29, 1.82) is 0 Å². The highest BCUT2D eigenvalue weighted by Gasteiger charge is 2.15. The van der Waals surface area contributed by atoms with E-state index >= 15 is 0 Å². The molecule has 0 aliphatic carbocycles. The Morgan fingerprint density at radius 1 is 1.18 bits per heavy atom. The van der Waals surface area contributed by atoms with Gasteiger partial charge in [-0.1, -0.05) is 11.8 Å². The molecule has 10 heteroatoms. The first-order valence-corrected chi connectivity index (χ1v) is 9.41. The normalized spacial score (nSPS) is 10.5. The number of thioether (sulfide) groups is 1. The summed E-state index contributed by atoms with van der Waals surface area (Å²) in [7, 11) is 1.32. The van der Waals surface area contributed by atoms with Gasteiger partial charge in [-0.05, 0) is 31.2 Å². The summed E-state index contributed by atoms with van der Waals surface area (Å²) in [6.45, 7) is 2.61. The molecular formula is C18H18N6O3S. The van der Waals surface area contributed by atoms with E-state index in [0.29, 0.717) is 34.5 Å². The second kappa shape index (κ2) is 9.09. The van der Waals surface area contributed by atoms with Crippen LogP contribution >= 0.6 is 11.8 Å². The molecule has 2 heterocycles. The van der Waals surface area contributed by atoms with Gasteiger partial charge in [-0.15, -0.1) is 10.2 Å². The van der Waals surface area contributed by atoms with E-state index in [-0.39, 0.29) is 11.7 Å². The Bertz CT molecular complexity index is 959. The van der Waals surface area contributed by atoms with Crippen LogP contribution in [0.1, 0.15) is 17.3 Å². The van der Waals surface area contributed by atoms with Crippen molar-refractivity contribution in [2.45, 2.75) is 18.6 Å². The fraction of sp³-hybridized carbons (Fsp3) is 0.222. The third-order valence-electron chi connectivity index (χ3n) is 3.75. The molecule has 0 saturated heterocycles. The van der Waals surface area contributed by atoms with Gasteiger partial charge in [0.25, 0.3) is 0 Å². The largest absolute Gasteiger partial charge is 0.465 e. The number of hydrogen-bond donors (Lipinski definition) is 1. The lowest BCUT2D eigenvalue weighted by molar-refractivity contribution is -0.113. The van der Waals surface area contributed by atoms with Crippen LogP contribution in [0.5, 0.6) is 0 Å². The molecule has 1 N–H and O–H groups in total. The predicted molar refractivity (Wildman–Crippen MR) is 104 cm³/mol. The second-order valence-corrected chi connectivity index (χ2v) is 6.49. The van der Waals surface area contributed by atoms with E-state index in [1.54, 1.807) is 42.9 Å². The number of aromatic nitrogens is 5. The van der Waals surface area contributed by atoms with Gasteiger partial charge in [0.05, 0.1) is 24.6 Å².